The molecule has 1 aromatic carbocycles. The first-order valence-electron chi connectivity index (χ1n) is 6.59. The summed E-state index contributed by atoms with van der Waals surface area (Å²) in [5.74, 6) is -0.206. The van der Waals surface area contributed by atoms with Crippen molar-refractivity contribution in [1.82, 2.24) is 4.90 Å². The summed E-state index contributed by atoms with van der Waals surface area (Å²) in [5.41, 5.74) is 6.84. The molecule has 0 aliphatic rings. The molecule has 0 heterocycles. The second-order valence-electron chi connectivity index (χ2n) is 5.50. The van der Waals surface area contributed by atoms with Crippen LogP contribution in [-0.2, 0) is 0 Å². The zero-order valence-electron chi connectivity index (χ0n) is 11.9. The van der Waals surface area contributed by atoms with Crippen LogP contribution in [0.15, 0.2) is 24.3 Å². The van der Waals surface area contributed by atoms with Gasteiger partial charge >= 0.3 is 0 Å². The molecule has 1 atom stereocenters. The minimum absolute atomic E-state index is 0.162. The average molecular weight is 252 g/mol. The van der Waals surface area contributed by atoms with Crippen molar-refractivity contribution in [1.29, 1.82) is 0 Å². The highest BCUT2D eigenvalue weighted by Gasteiger charge is 2.21. The van der Waals surface area contributed by atoms with Crippen LogP contribution in [0.25, 0.3) is 0 Å². The van der Waals surface area contributed by atoms with Crippen LogP contribution in [0, 0.1) is 5.82 Å². The normalized spacial score (nSPS) is 13.9. The zero-order valence-corrected chi connectivity index (χ0v) is 11.9. The molecule has 0 spiro atoms. The lowest BCUT2D eigenvalue weighted by atomic mass is 9.98. The van der Waals surface area contributed by atoms with Crippen molar-refractivity contribution in [3.63, 3.8) is 0 Å². The van der Waals surface area contributed by atoms with Crippen molar-refractivity contribution in [2.45, 2.75) is 45.2 Å². The van der Waals surface area contributed by atoms with Gasteiger partial charge in [0.1, 0.15) is 5.82 Å². The summed E-state index contributed by atoms with van der Waals surface area (Å²) in [6.45, 7) is 7.47. The van der Waals surface area contributed by atoms with Crippen LogP contribution in [-0.4, -0.2) is 24.0 Å². The van der Waals surface area contributed by atoms with Gasteiger partial charge in [-0.1, -0.05) is 25.1 Å². The molecule has 1 unspecified atom stereocenters. The van der Waals surface area contributed by atoms with E-state index in [4.69, 9.17) is 5.73 Å². The van der Waals surface area contributed by atoms with Gasteiger partial charge in [-0.15, -0.1) is 0 Å². The van der Waals surface area contributed by atoms with E-state index in [1.165, 1.54) is 6.07 Å². The molecule has 0 saturated heterocycles. The minimum atomic E-state index is -0.235. The molecule has 0 radical (unpaired) electrons. The molecule has 18 heavy (non-hydrogen) atoms. The second kappa shape index (κ2) is 6.30. The number of rotatable bonds is 6. The topological polar surface area (TPSA) is 29.3 Å². The molecular formula is C15H25FN2. The number of nitrogens with zero attached hydrogens (tertiary/aromatic N) is 1. The van der Waals surface area contributed by atoms with E-state index in [1.807, 2.05) is 6.07 Å². The third-order valence-electron chi connectivity index (χ3n) is 3.98. The Morgan fingerprint density at radius 3 is 2.50 bits per heavy atom. The SMILES string of the molecule is CCC(C)(C)N(C)CCC(N)c1ccccc1F. The van der Waals surface area contributed by atoms with Gasteiger partial charge in [-0.3, -0.25) is 0 Å². The lowest BCUT2D eigenvalue weighted by Crippen LogP contribution is -2.41. The first-order valence-corrected chi connectivity index (χ1v) is 6.59. The molecule has 0 amide bonds. The van der Waals surface area contributed by atoms with Gasteiger partial charge in [-0.25, -0.2) is 4.39 Å². The van der Waals surface area contributed by atoms with E-state index in [0.717, 1.165) is 19.4 Å². The highest BCUT2D eigenvalue weighted by Crippen LogP contribution is 2.21. The highest BCUT2D eigenvalue weighted by atomic mass is 19.1. The average Bonchev–Trinajstić information content (AvgIpc) is 2.36. The van der Waals surface area contributed by atoms with Crippen LogP contribution < -0.4 is 5.73 Å². The molecule has 2 N–H and O–H groups in total. The van der Waals surface area contributed by atoms with E-state index in [-0.39, 0.29) is 17.4 Å². The molecule has 0 saturated carbocycles. The molecule has 1 aromatic rings. The van der Waals surface area contributed by atoms with Crippen molar-refractivity contribution >= 4 is 0 Å². The van der Waals surface area contributed by atoms with Crippen LogP contribution in [0.4, 0.5) is 4.39 Å². The van der Waals surface area contributed by atoms with E-state index in [9.17, 15) is 4.39 Å². The number of hydrogen-bond acceptors (Lipinski definition) is 2. The van der Waals surface area contributed by atoms with Gasteiger partial charge in [0.05, 0.1) is 0 Å². The molecule has 0 aliphatic heterocycles. The fraction of sp³-hybridized carbons (Fsp3) is 0.600. The van der Waals surface area contributed by atoms with Crippen molar-refractivity contribution < 1.29 is 4.39 Å². The molecule has 0 aromatic heterocycles. The Hall–Kier alpha value is -0.930. The van der Waals surface area contributed by atoms with Crippen LogP contribution in [0.1, 0.15) is 45.2 Å². The van der Waals surface area contributed by atoms with E-state index in [2.05, 4.69) is 32.7 Å². The zero-order chi connectivity index (χ0) is 13.8. The third kappa shape index (κ3) is 3.79. The number of hydrogen-bond donors (Lipinski definition) is 1. The summed E-state index contributed by atoms with van der Waals surface area (Å²) in [6, 6.07) is 6.52. The summed E-state index contributed by atoms with van der Waals surface area (Å²) in [7, 11) is 2.09. The van der Waals surface area contributed by atoms with E-state index >= 15 is 0 Å². The molecule has 2 nitrogen and oxygen atoms in total. The highest BCUT2D eigenvalue weighted by molar-refractivity contribution is 5.20. The molecule has 3 heteroatoms. The Balaban J connectivity index is 2.57. The van der Waals surface area contributed by atoms with Gasteiger partial charge in [0.25, 0.3) is 0 Å². The molecule has 0 fully saturated rings. The number of halogens is 1. The summed E-state index contributed by atoms with van der Waals surface area (Å²) in [6.07, 6.45) is 1.85. The first-order chi connectivity index (χ1) is 8.38. The molecular weight excluding hydrogens is 227 g/mol. The van der Waals surface area contributed by atoms with E-state index in [1.54, 1.807) is 12.1 Å². The van der Waals surface area contributed by atoms with Crippen molar-refractivity contribution in [3.8, 4) is 0 Å². The maximum absolute atomic E-state index is 13.6. The Labute approximate surface area is 110 Å². The lowest BCUT2D eigenvalue weighted by Gasteiger charge is -2.35. The lowest BCUT2D eigenvalue weighted by molar-refractivity contribution is 0.146. The third-order valence-corrected chi connectivity index (χ3v) is 3.98. The van der Waals surface area contributed by atoms with Crippen LogP contribution in [0.3, 0.4) is 0 Å². The van der Waals surface area contributed by atoms with Gasteiger partial charge in [0, 0.05) is 23.7 Å². The summed E-state index contributed by atoms with van der Waals surface area (Å²) < 4.78 is 13.6. The van der Waals surface area contributed by atoms with Gasteiger partial charge in [-0.05, 0) is 39.8 Å². The van der Waals surface area contributed by atoms with E-state index in [0.29, 0.717) is 5.56 Å². The second-order valence-corrected chi connectivity index (χ2v) is 5.50. The smallest absolute Gasteiger partial charge is 0.127 e. The maximum Gasteiger partial charge on any atom is 0.127 e. The van der Waals surface area contributed by atoms with Gasteiger partial charge < -0.3 is 10.6 Å². The van der Waals surface area contributed by atoms with Gasteiger partial charge in [0.2, 0.25) is 0 Å². The largest absolute Gasteiger partial charge is 0.324 e. The minimum Gasteiger partial charge on any atom is -0.324 e. The van der Waals surface area contributed by atoms with Crippen molar-refractivity contribution in [2.24, 2.45) is 5.73 Å². The summed E-state index contributed by atoms with van der Waals surface area (Å²) >= 11 is 0. The van der Waals surface area contributed by atoms with Gasteiger partial charge in [-0.2, -0.15) is 0 Å². The molecule has 1 rings (SSSR count). The monoisotopic (exact) mass is 252 g/mol. The van der Waals surface area contributed by atoms with Crippen molar-refractivity contribution in [3.05, 3.63) is 35.6 Å². The van der Waals surface area contributed by atoms with Crippen LogP contribution in [0.2, 0.25) is 0 Å². The fourth-order valence-electron chi connectivity index (χ4n) is 1.84. The maximum atomic E-state index is 13.6. The molecule has 0 aliphatic carbocycles. The quantitative estimate of drug-likeness (QED) is 0.841. The summed E-state index contributed by atoms with van der Waals surface area (Å²) in [5, 5.41) is 0. The van der Waals surface area contributed by atoms with Gasteiger partial charge in [0.15, 0.2) is 0 Å². The first kappa shape index (κ1) is 15.1. The standard InChI is InChI=1S/C15H25FN2/c1-5-15(2,3)18(4)11-10-14(17)12-8-6-7-9-13(12)16/h6-9,14H,5,10-11,17H2,1-4H3. The fourth-order valence-corrected chi connectivity index (χ4v) is 1.84. The Kier molecular flexibility index (Phi) is 5.29. The molecule has 0 bridgehead atoms. The van der Waals surface area contributed by atoms with Crippen molar-refractivity contribution in [2.75, 3.05) is 13.6 Å². The predicted molar refractivity (Wildman–Crippen MR) is 74.9 cm³/mol. The Morgan fingerprint density at radius 2 is 1.94 bits per heavy atom. The Morgan fingerprint density at radius 1 is 1.33 bits per heavy atom. The number of benzene rings is 1. The van der Waals surface area contributed by atoms with E-state index < -0.39 is 0 Å². The van der Waals surface area contributed by atoms with Crippen LogP contribution >= 0.6 is 0 Å². The number of nitrogens with two attached hydrogens (primary N) is 1. The predicted octanol–water partition coefficient (Wildman–Crippen LogP) is 3.34. The molecule has 102 valence electrons. The summed E-state index contributed by atoms with van der Waals surface area (Å²) in [4.78, 5) is 2.29. The van der Waals surface area contributed by atoms with Crippen LogP contribution in [0.5, 0.6) is 0 Å². The Bertz CT molecular complexity index is 377.